The fourth-order valence-electron chi connectivity index (χ4n) is 2.98. The molecular formula is C24H34FN3O5. The molecule has 0 saturated carbocycles. The number of hydrogen-bond donors (Lipinski definition) is 3. The summed E-state index contributed by atoms with van der Waals surface area (Å²) < 4.78 is 21.6. The van der Waals surface area contributed by atoms with E-state index in [2.05, 4.69) is 10.5 Å². The van der Waals surface area contributed by atoms with Crippen LogP contribution in [0.1, 0.15) is 48.8 Å². The van der Waals surface area contributed by atoms with E-state index < -0.39 is 5.91 Å². The molecule has 8 nitrogen and oxygen atoms in total. The van der Waals surface area contributed by atoms with Crippen LogP contribution in [0.5, 0.6) is 5.88 Å². The highest BCUT2D eigenvalue weighted by Gasteiger charge is 2.18. The first-order chi connectivity index (χ1) is 16.0. The topological polar surface area (TPSA) is 106 Å². The van der Waals surface area contributed by atoms with Crippen molar-refractivity contribution in [1.29, 1.82) is 0 Å². The summed E-state index contributed by atoms with van der Waals surface area (Å²) in [6.45, 7) is 8.46. The Hall–Kier alpha value is -3.01. The molecule has 0 aliphatic carbocycles. The molecule has 0 radical (unpaired) electrons. The number of carbonyl (C=O) groups excluding carboxylic acids is 1. The smallest absolute Gasteiger partial charge is 0.291 e. The molecule has 3 rings (SSSR count). The number of aliphatic hydroxyl groups excluding tert-OH is 2. The van der Waals surface area contributed by atoms with Crippen molar-refractivity contribution in [3.63, 3.8) is 0 Å². The van der Waals surface area contributed by atoms with Crippen LogP contribution in [0, 0.1) is 12.7 Å². The molecule has 0 unspecified atom stereocenters. The van der Waals surface area contributed by atoms with Crippen molar-refractivity contribution < 1.29 is 29.0 Å². The van der Waals surface area contributed by atoms with E-state index in [1.165, 1.54) is 6.07 Å². The molecule has 0 atom stereocenters. The van der Waals surface area contributed by atoms with Crippen LogP contribution in [0.15, 0.2) is 36.5 Å². The monoisotopic (exact) mass is 463 g/mol. The van der Waals surface area contributed by atoms with Crippen molar-refractivity contribution in [1.82, 2.24) is 15.0 Å². The summed E-state index contributed by atoms with van der Waals surface area (Å²) in [5, 5.41) is 16.6. The molecule has 0 saturated heterocycles. The van der Waals surface area contributed by atoms with Crippen LogP contribution >= 0.6 is 0 Å². The van der Waals surface area contributed by atoms with Gasteiger partial charge in [-0.05, 0) is 38.0 Å². The van der Waals surface area contributed by atoms with Gasteiger partial charge in [0.1, 0.15) is 11.5 Å². The lowest BCUT2D eigenvalue weighted by molar-refractivity contribution is 0.0255. The third-order valence-corrected chi connectivity index (χ3v) is 4.39. The van der Waals surface area contributed by atoms with Crippen LogP contribution in [0.4, 0.5) is 4.39 Å². The van der Waals surface area contributed by atoms with Crippen molar-refractivity contribution in [3.05, 3.63) is 59.2 Å². The second kappa shape index (κ2) is 14.9. The van der Waals surface area contributed by atoms with E-state index in [0.29, 0.717) is 35.7 Å². The Bertz CT molecular complexity index is 1010. The minimum absolute atomic E-state index is 0.0330. The van der Waals surface area contributed by atoms with E-state index >= 15 is 0 Å². The number of carbonyl (C=O) groups is 1. The Balaban J connectivity index is 0.00000129. The molecular weight excluding hydrogens is 429 g/mol. The Morgan fingerprint density at radius 3 is 2.58 bits per heavy atom. The van der Waals surface area contributed by atoms with Gasteiger partial charge < -0.3 is 19.5 Å². The standard InChI is InChI=1S/C21H24FN3O4.C2H6.CH4O/c1-3-28-20-11-16-10-18(21(27)24-29-8-4-7-26)25(19(16)12-23-20)13-15-6-5-14(2)9-17(15)22;2*1-2/h5-6,9-12,26H,3-4,7-8,13H2,1-2H3,(H,24,27);1-2H3;2H,1H3. The average Bonchev–Trinajstić information content (AvgIpc) is 3.19. The molecule has 0 aliphatic rings. The van der Waals surface area contributed by atoms with Crippen molar-refractivity contribution in [2.45, 2.75) is 40.7 Å². The Kier molecular flexibility index (Phi) is 12.7. The third-order valence-electron chi connectivity index (χ3n) is 4.39. The van der Waals surface area contributed by atoms with Gasteiger partial charge in [0.05, 0.1) is 31.5 Å². The molecule has 3 aromatic rings. The normalized spacial score (nSPS) is 10.1. The number of rotatable bonds is 9. The zero-order valence-electron chi connectivity index (χ0n) is 19.9. The molecule has 0 spiro atoms. The average molecular weight is 464 g/mol. The molecule has 182 valence electrons. The molecule has 0 aliphatic heterocycles. The number of benzene rings is 1. The summed E-state index contributed by atoms with van der Waals surface area (Å²) in [7, 11) is 1.00. The van der Waals surface area contributed by atoms with E-state index in [4.69, 9.17) is 19.8 Å². The van der Waals surface area contributed by atoms with Crippen LogP contribution in [0.3, 0.4) is 0 Å². The number of hydroxylamine groups is 1. The molecule has 33 heavy (non-hydrogen) atoms. The largest absolute Gasteiger partial charge is 0.478 e. The first-order valence-electron chi connectivity index (χ1n) is 10.9. The summed E-state index contributed by atoms with van der Waals surface area (Å²) in [4.78, 5) is 22.0. The SMILES string of the molecule is CC.CCOc1cc2cc(C(=O)NOCCCO)n(Cc3ccc(C)cc3F)c2cn1.CO. The zero-order valence-corrected chi connectivity index (χ0v) is 19.9. The maximum Gasteiger partial charge on any atom is 0.291 e. The fourth-order valence-corrected chi connectivity index (χ4v) is 2.98. The molecule has 1 aromatic carbocycles. The number of aliphatic hydroxyl groups is 2. The molecule has 0 bridgehead atoms. The van der Waals surface area contributed by atoms with E-state index in [9.17, 15) is 9.18 Å². The lowest BCUT2D eigenvalue weighted by Gasteiger charge is -2.12. The lowest BCUT2D eigenvalue weighted by Crippen LogP contribution is -2.27. The predicted octanol–water partition coefficient (Wildman–Crippen LogP) is 3.61. The number of hydrogen-bond acceptors (Lipinski definition) is 6. The van der Waals surface area contributed by atoms with E-state index in [1.54, 1.807) is 29.0 Å². The minimum atomic E-state index is -0.468. The van der Waals surface area contributed by atoms with Gasteiger partial charge in [-0.2, -0.15) is 0 Å². The summed E-state index contributed by atoms with van der Waals surface area (Å²) >= 11 is 0. The maximum absolute atomic E-state index is 14.4. The Morgan fingerprint density at radius 2 is 1.94 bits per heavy atom. The van der Waals surface area contributed by atoms with E-state index in [1.807, 2.05) is 33.8 Å². The van der Waals surface area contributed by atoms with Gasteiger partial charge in [-0.25, -0.2) is 14.9 Å². The number of aryl methyl sites for hydroxylation is 1. The Labute approximate surface area is 193 Å². The fraction of sp³-hybridized carbons (Fsp3) is 0.417. The van der Waals surface area contributed by atoms with Crippen LogP contribution in [-0.2, 0) is 11.4 Å². The van der Waals surface area contributed by atoms with Crippen LogP contribution in [0.25, 0.3) is 10.9 Å². The second-order valence-corrected chi connectivity index (χ2v) is 6.58. The molecule has 3 N–H and O–H groups in total. The highest BCUT2D eigenvalue weighted by molar-refractivity contribution is 5.98. The van der Waals surface area contributed by atoms with Crippen molar-refractivity contribution in [3.8, 4) is 5.88 Å². The number of pyridine rings is 1. The first-order valence-corrected chi connectivity index (χ1v) is 10.9. The van der Waals surface area contributed by atoms with Gasteiger partial charge in [0.25, 0.3) is 5.91 Å². The number of nitrogens with zero attached hydrogens (tertiary/aromatic N) is 2. The summed E-state index contributed by atoms with van der Waals surface area (Å²) in [6, 6.07) is 8.43. The maximum atomic E-state index is 14.4. The van der Waals surface area contributed by atoms with Crippen molar-refractivity contribution >= 4 is 16.8 Å². The number of nitrogens with one attached hydrogen (secondary N) is 1. The van der Waals surface area contributed by atoms with Gasteiger partial charge in [0.2, 0.25) is 5.88 Å². The highest BCUT2D eigenvalue weighted by Crippen LogP contribution is 2.25. The molecule has 0 fully saturated rings. The van der Waals surface area contributed by atoms with E-state index in [0.717, 1.165) is 18.1 Å². The van der Waals surface area contributed by atoms with Crippen molar-refractivity contribution in [2.75, 3.05) is 26.9 Å². The number of ether oxygens (including phenoxy) is 1. The van der Waals surface area contributed by atoms with Gasteiger partial charge >= 0.3 is 0 Å². The second-order valence-electron chi connectivity index (χ2n) is 6.58. The summed E-state index contributed by atoms with van der Waals surface area (Å²) in [5.74, 6) is -0.356. The Morgan fingerprint density at radius 1 is 1.21 bits per heavy atom. The predicted molar refractivity (Wildman–Crippen MR) is 126 cm³/mol. The molecule has 2 heterocycles. The van der Waals surface area contributed by atoms with Gasteiger partial charge in [0, 0.05) is 30.7 Å². The summed E-state index contributed by atoms with van der Waals surface area (Å²) in [5.41, 5.74) is 4.63. The first kappa shape index (κ1) is 28.0. The van der Waals surface area contributed by atoms with Gasteiger partial charge in [-0.1, -0.05) is 26.0 Å². The van der Waals surface area contributed by atoms with E-state index in [-0.39, 0.29) is 25.6 Å². The third kappa shape index (κ3) is 7.81. The number of amides is 1. The quantitative estimate of drug-likeness (QED) is 0.331. The van der Waals surface area contributed by atoms with Crippen LogP contribution in [-0.4, -0.2) is 52.6 Å². The van der Waals surface area contributed by atoms with Crippen molar-refractivity contribution in [2.24, 2.45) is 0 Å². The van der Waals surface area contributed by atoms with Gasteiger partial charge in [0.15, 0.2) is 0 Å². The lowest BCUT2D eigenvalue weighted by atomic mass is 10.1. The number of aromatic nitrogens is 2. The van der Waals surface area contributed by atoms with Crippen LogP contribution in [0.2, 0.25) is 0 Å². The van der Waals surface area contributed by atoms with Gasteiger partial charge in [-0.15, -0.1) is 0 Å². The van der Waals surface area contributed by atoms with Gasteiger partial charge in [-0.3, -0.25) is 9.63 Å². The molecule has 9 heteroatoms. The zero-order chi connectivity index (χ0) is 24.8. The number of fused-ring (bicyclic) bond motifs is 1. The highest BCUT2D eigenvalue weighted by atomic mass is 19.1. The molecule has 2 aromatic heterocycles. The molecule has 1 amide bonds. The summed E-state index contributed by atoms with van der Waals surface area (Å²) in [6.07, 6.45) is 2.01. The van der Waals surface area contributed by atoms with Crippen LogP contribution < -0.4 is 10.2 Å². The number of halogens is 1. The minimum Gasteiger partial charge on any atom is -0.478 e.